The van der Waals surface area contributed by atoms with Gasteiger partial charge in [0, 0.05) is 25.3 Å². The minimum atomic E-state index is -4.48. The average Bonchev–Trinajstić information content (AvgIpc) is 2.77. The fraction of sp³-hybridized carbons (Fsp3) is 0.500. The molecule has 1 aromatic heterocycles. The molecule has 2 atom stereocenters. The maximum atomic E-state index is 13.3. The van der Waals surface area contributed by atoms with E-state index in [0.29, 0.717) is 6.42 Å². The second-order valence-electron chi connectivity index (χ2n) is 4.79. The Hall–Kier alpha value is -1.54. The van der Waals surface area contributed by atoms with Crippen molar-refractivity contribution in [3.05, 3.63) is 29.0 Å². The topological polar surface area (TPSA) is 65.5 Å². The Labute approximate surface area is 123 Å². The van der Waals surface area contributed by atoms with Crippen molar-refractivity contribution < 1.29 is 23.1 Å². The maximum absolute atomic E-state index is 13.3. The van der Waals surface area contributed by atoms with Gasteiger partial charge in [0.05, 0.1) is 0 Å². The molecule has 1 aliphatic heterocycles. The van der Waals surface area contributed by atoms with Crippen LogP contribution in [-0.2, 0) is 0 Å². The summed E-state index contributed by atoms with van der Waals surface area (Å²) >= 11 is 5.59. The SMILES string of the molecule is O=C(O)N[C@H]1CCN([C@H](c2ccc(Cl)nc2)C(F)(F)F)C1. The van der Waals surface area contributed by atoms with E-state index in [1.165, 1.54) is 17.0 Å². The van der Waals surface area contributed by atoms with Crippen LogP contribution >= 0.6 is 11.6 Å². The van der Waals surface area contributed by atoms with Gasteiger partial charge in [0.1, 0.15) is 11.2 Å². The first-order valence-electron chi connectivity index (χ1n) is 6.19. The number of carboxylic acid groups (broad SMARTS) is 1. The smallest absolute Gasteiger partial charge is 0.408 e. The van der Waals surface area contributed by atoms with Gasteiger partial charge in [-0.25, -0.2) is 9.78 Å². The molecule has 1 aromatic rings. The number of hydrogen-bond acceptors (Lipinski definition) is 3. The highest BCUT2D eigenvalue weighted by molar-refractivity contribution is 6.29. The molecule has 1 amide bonds. The summed E-state index contributed by atoms with van der Waals surface area (Å²) < 4.78 is 39.9. The van der Waals surface area contributed by atoms with Crippen LogP contribution < -0.4 is 5.32 Å². The Morgan fingerprint density at radius 3 is 2.76 bits per heavy atom. The van der Waals surface area contributed by atoms with Gasteiger partial charge in [-0.15, -0.1) is 0 Å². The average molecular weight is 324 g/mol. The molecule has 2 heterocycles. The van der Waals surface area contributed by atoms with Gasteiger partial charge in [0.15, 0.2) is 0 Å². The Bertz CT molecular complexity index is 509. The molecule has 116 valence electrons. The number of rotatable bonds is 3. The standard InChI is InChI=1S/C12H13ClF3N3O2/c13-9-2-1-7(5-17-9)10(12(14,15)16)19-4-3-8(6-19)18-11(20)21/h1-2,5,8,10,18H,3-4,6H2,(H,20,21)/t8-,10+/m0/s1. The number of carbonyl (C=O) groups is 1. The fourth-order valence-electron chi connectivity index (χ4n) is 2.47. The minimum absolute atomic E-state index is 0.000890. The summed E-state index contributed by atoms with van der Waals surface area (Å²) in [7, 11) is 0. The van der Waals surface area contributed by atoms with E-state index in [1.54, 1.807) is 0 Å². The Kier molecular flexibility index (Phi) is 4.58. The summed E-state index contributed by atoms with van der Waals surface area (Å²) in [6.07, 6.45) is -4.29. The first-order valence-corrected chi connectivity index (χ1v) is 6.57. The summed E-state index contributed by atoms with van der Waals surface area (Å²) in [5.74, 6) is 0. The molecule has 21 heavy (non-hydrogen) atoms. The fourth-order valence-corrected chi connectivity index (χ4v) is 2.58. The molecular formula is C12H13ClF3N3O2. The second kappa shape index (κ2) is 6.07. The molecule has 1 fully saturated rings. The number of pyridine rings is 1. The Morgan fingerprint density at radius 2 is 2.24 bits per heavy atom. The monoisotopic (exact) mass is 323 g/mol. The largest absolute Gasteiger partial charge is 0.465 e. The predicted molar refractivity (Wildman–Crippen MR) is 69.2 cm³/mol. The molecular weight excluding hydrogens is 311 g/mol. The zero-order valence-electron chi connectivity index (χ0n) is 10.8. The van der Waals surface area contributed by atoms with Crippen LogP contribution in [0.25, 0.3) is 0 Å². The van der Waals surface area contributed by atoms with Crippen molar-refractivity contribution in [1.29, 1.82) is 0 Å². The number of alkyl halides is 3. The van der Waals surface area contributed by atoms with Gasteiger partial charge in [-0.3, -0.25) is 4.90 Å². The van der Waals surface area contributed by atoms with E-state index < -0.39 is 24.4 Å². The second-order valence-corrected chi connectivity index (χ2v) is 5.18. The maximum Gasteiger partial charge on any atom is 0.408 e. The number of amides is 1. The zero-order chi connectivity index (χ0) is 15.6. The highest BCUT2D eigenvalue weighted by atomic mass is 35.5. The highest BCUT2D eigenvalue weighted by Crippen LogP contribution is 2.39. The van der Waals surface area contributed by atoms with Gasteiger partial charge in [-0.05, 0) is 18.1 Å². The van der Waals surface area contributed by atoms with Crippen LogP contribution in [0.1, 0.15) is 18.0 Å². The number of likely N-dealkylation sites (tertiary alicyclic amines) is 1. The van der Waals surface area contributed by atoms with Gasteiger partial charge in [-0.2, -0.15) is 13.2 Å². The van der Waals surface area contributed by atoms with Crippen molar-refractivity contribution in [3.8, 4) is 0 Å². The van der Waals surface area contributed by atoms with E-state index in [4.69, 9.17) is 16.7 Å². The summed E-state index contributed by atoms with van der Waals surface area (Å²) in [5.41, 5.74) is -0.0112. The summed E-state index contributed by atoms with van der Waals surface area (Å²) in [4.78, 5) is 15.4. The first kappa shape index (κ1) is 15.8. The van der Waals surface area contributed by atoms with E-state index in [9.17, 15) is 18.0 Å². The van der Waals surface area contributed by atoms with Gasteiger partial charge >= 0.3 is 12.3 Å². The van der Waals surface area contributed by atoms with Crippen LogP contribution in [0.4, 0.5) is 18.0 Å². The first-order chi connectivity index (χ1) is 9.77. The number of nitrogens with zero attached hydrogens (tertiary/aromatic N) is 2. The third kappa shape index (κ3) is 3.98. The molecule has 0 saturated carbocycles. The number of hydrogen-bond donors (Lipinski definition) is 2. The molecule has 2 N–H and O–H groups in total. The van der Waals surface area contributed by atoms with E-state index in [1.807, 2.05) is 0 Å². The summed E-state index contributed by atoms with van der Waals surface area (Å²) in [6, 6.07) is 0.264. The molecule has 0 bridgehead atoms. The van der Waals surface area contributed by atoms with Crippen molar-refractivity contribution in [2.24, 2.45) is 0 Å². The summed E-state index contributed by atoms with van der Waals surface area (Å²) in [5, 5.41) is 11.0. The van der Waals surface area contributed by atoms with Crippen molar-refractivity contribution >= 4 is 17.7 Å². The van der Waals surface area contributed by atoms with Crippen LogP contribution in [0.3, 0.4) is 0 Å². The minimum Gasteiger partial charge on any atom is -0.465 e. The third-order valence-electron chi connectivity index (χ3n) is 3.29. The van der Waals surface area contributed by atoms with E-state index in [0.717, 1.165) is 6.20 Å². The normalized spacial score (nSPS) is 21.2. The van der Waals surface area contributed by atoms with Gasteiger partial charge < -0.3 is 10.4 Å². The molecule has 1 aliphatic rings. The lowest BCUT2D eigenvalue weighted by Crippen LogP contribution is -2.40. The molecule has 9 heteroatoms. The lowest BCUT2D eigenvalue weighted by atomic mass is 10.1. The predicted octanol–water partition coefficient (Wildman–Crippen LogP) is 2.68. The lowest BCUT2D eigenvalue weighted by Gasteiger charge is -2.29. The molecule has 0 radical (unpaired) electrons. The van der Waals surface area contributed by atoms with E-state index >= 15 is 0 Å². The number of aromatic nitrogens is 1. The zero-order valence-corrected chi connectivity index (χ0v) is 11.5. The van der Waals surface area contributed by atoms with E-state index in [2.05, 4.69) is 10.3 Å². The van der Waals surface area contributed by atoms with Crippen molar-refractivity contribution in [3.63, 3.8) is 0 Å². The summed E-state index contributed by atoms with van der Waals surface area (Å²) in [6.45, 7) is 0.150. The lowest BCUT2D eigenvalue weighted by molar-refractivity contribution is -0.183. The third-order valence-corrected chi connectivity index (χ3v) is 3.51. The van der Waals surface area contributed by atoms with Crippen LogP contribution in [0, 0.1) is 0 Å². The molecule has 5 nitrogen and oxygen atoms in total. The Morgan fingerprint density at radius 1 is 1.52 bits per heavy atom. The van der Waals surface area contributed by atoms with Crippen molar-refractivity contribution in [1.82, 2.24) is 15.2 Å². The van der Waals surface area contributed by atoms with Gasteiger partial charge in [-0.1, -0.05) is 17.7 Å². The van der Waals surface area contributed by atoms with Crippen LogP contribution in [0.5, 0.6) is 0 Å². The molecule has 0 aromatic carbocycles. The number of halogens is 4. The van der Waals surface area contributed by atoms with Gasteiger partial charge in [0.2, 0.25) is 0 Å². The quantitative estimate of drug-likeness (QED) is 0.839. The molecule has 2 rings (SSSR count). The van der Waals surface area contributed by atoms with Crippen LogP contribution in [0.2, 0.25) is 5.15 Å². The van der Waals surface area contributed by atoms with Crippen molar-refractivity contribution in [2.75, 3.05) is 13.1 Å². The van der Waals surface area contributed by atoms with Crippen LogP contribution in [0.15, 0.2) is 18.3 Å². The molecule has 1 saturated heterocycles. The molecule has 0 aliphatic carbocycles. The number of nitrogens with one attached hydrogen (secondary N) is 1. The Balaban J connectivity index is 2.18. The van der Waals surface area contributed by atoms with Crippen LogP contribution in [-0.4, -0.2) is 46.4 Å². The molecule has 0 spiro atoms. The highest BCUT2D eigenvalue weighted by Gasteiger charge is 2.46. The van der Waals surface area contributed by atoms with Gasteiger partial charge in [0.25, 0.3) is 0 Å². The molecule has 0 unspecified atom stereocenters. The van der Waals surface area contributed by atoms with Crippen molar-refractivity contribution in [2.45, 2.75) is 24.7 Å². The van der Waals surface area contributed by atoms with E-state index in [-0.39, 0.29) is 23.8 Å².